The maximum Gasteiger partial charge on any atom is 0.410 e. The van der Waals surface area contributed by atoms with E-state index in [4.69, 9.17) is 4.74 Å². The molecule has 6 heteroatoms. The highest BCUT2D eigenvalue weighted by atomic mass is 19.1. The summed E-state index contributed by atoms with van der Waals surface area (Å²) in [5.74, 6) is -0.543. The molecule has 0 N–H and O–H groups in total. The normalized spacial score (nSPS) is 18.7. The Hall–Kier alpha value is -2.11. The lowest BCUT2D eigenvalue weighted by atomic mass is 9.95. The van der Waals surface area contributed by atoms with Crippen molar-refractivity contribution in [2.24, 2.45) is 5.92 Å². The second-order valence-electron chi connectivity index (χ2n) is 8.44. The second-order valence-corrected chi connectivity index (χ2v) is 8.44. The van der Waals surface area contributed by atoms with E-state index in [0.29, 0.717) is 31.9 Å². The standard InChI is InChI=1S/C21H29FN2O3/c1-21(2,3)27-20(26)24-13-11-23(12-14-24)17-10-6-9-16(18(17)22)19(25)15-7-4-5-8-15/h6,9-10,15H,4-5,7-8,11-14H2,1-3H3. The summed E-state index contributed by atoms with van der Waals surface area (Å²) >= 11 is 0. The van der Waals surface area contributed by atoms with Crippen molar-refractivity contribution in [1.82, 2.24) is 4.90 Å². The van der Waals surface area contributed by atoms with Crippen LogP contribution in [0, 0.1) is 11.7 Å². The number of nitrogens with zero attached hydrogens (tertiary/aromatic N) is 2. The minimum Gasteiger partial charge on any atom is -0.444 e. The van der Waals surface area contributed by atoms with Crippen molar-refractivity contribution in [2.75, 3.05) is 31.1 Å². The van der Waals surface area contributed by atoms with Gasteiger partial charge in [-0.3, -0.25) is 4.79 Å². The van der Waals surface area contributed by atoms with E-state index in [-0.39, 0.29) is 23.4 Å². The predicted octanol–water partition coefficient (Wildman–Crippen LogP) is 4.26. The zero-order chi connectivity index (χ0) is 19.6. The van der Waals surface area contributed by atoms with Crippen LogP contribution in [0.2, 0.25) is 0 Å². The smallest absolute Gasteiger partial charge is 0.410 e. The van der Waals surface area contributed by atoms with Gasteiger partial charge >= 0.3 is 6.09 Å². The van der Waals surface area contributed by atoms with Gasteiger partial charge in [0.25, 0.3) is 0 Å². The summed E-state index contributed by atoms with van der Waals surface area (Å²) in [6.07, 6.45) is 3.47. The third kappa shape index (κ3) is 4.60. The van der Waals surface area contributed by atoms with Crippen LogP contribution in [0.25, 0.3) is 0 Å². The Kier molecular flexibility index (Phi) is 5.72. The molecule has 0 atom stereocenters. The number of benzene rings is 1. The van der Waals surface area contributed by atoms with Crippen molar-refractivity contribution in [2.45, 2.75) is 52.1 Å². The van der Waals surface area contributed by atoms with Crippen LogP contribution in [0.1, 0.15) is 56.8 Å². The average molecular weight is 376 g/mol. The molecule has 1 aromatic rings. The molecule has 1 aromatic carbocycles. The van der Waals surface area contributed by atoms with Gasteiger partial charge in [0.1, 0.15) is 5.60 Å². The predicted molar refractivity (Wildman–Crippen MR) is 103 cm³/mol. The number of rotatable bonds is 3. The molecule has 1 saturated carbocycles. The number of carbonyl (C=O) groups is 2. The minimum atomic E-state index is -0.532. The molecule has 1 amide bonds. The molecule has 0 aromatic heterocycles. The van der Waals surface area contributed by atoms with Gasteiger partial charge in [-0.05, 0) is 45.7 Å². The lowest BCUT2D eigenvalue weighted by molar-refractivity contribution is 0.0240. The van der Waals surface area contributed by atoms with Crippen LogP contribution in [-0.2, 0) is 4.74 Å². The zero-order valence-corrected chi connectivity index (χ0v) is 16.5. The van der Waals surface area contributed by atoms with Crippen molar-refractivity contribution in [3.05, 3.63) is 29.6 Å². The topological polar surface area (TPSA) is 49.9 Å². The summed E-state index contributed by atoms with van der Waals surface area (Å²) in [5, 5.41) is 0. The number of Topliss-reactive ketones (excluding diaryl/α,β-unsaturated/α-hetero) is 1. The summed E-state index contributed by atoms with van der Waals surface area (Å²) in [6.45, 7) is 7.47. The molecular formula is C21H29FN2O3. The number of amides is 1. The molecule has 1 aliphatic heterocycles. The number of hydrogen-bond acceptors (Lipinski definition) is 4. The molecule has 2 fully saturated rings. The molecule has 1 saturated heterocycles. The van der Waals surface area contributed by atoms with Gasteiger partial charge in [-0.1, -0.05) is 18.9 Å². The van der Waals surface area contributed by atoms with Crippen LogP contribution in [0.15, 0.2) is 18.2 Å². The van der Waals surface area contributed by atoms with Crippen molar-refractivity contribution in [3.8, 4) is 0 Å². The van der Waals surface area contributed by atoms with Gasteiger partial charge < -0.3 is 14.5 Å². The first-order valence-electron chi connectivity index (χ1n) is 9.82. The number of ketones is 1. The molecule has 0 spiro atoms. The summed E-state index contributed by atoms with van der Waals surface area (Å²) in [4.78, 5) is 28.4. The first-order valence-corrected chi connectivity index (χ1v) is 9.82. The van der Waals surface area contributed by atoms with Crippen LogP contribution >= 0.6 is 0 Å². The lowest BCUT2D eigenvalue weighted by Gasteiger charge is -2.37. The van der Waals surface area contributed by atoms with Gasteiger partial charge in [-0.2, -0.15) is 0 Å². The van der Waals surface area contributed by atoms with E-state index >= 15 is 4.39 Å². The third-order valence-corrected chi connectivity index (χ3v) is 5.24. The van der Waals surface area contributed by atoms with Gasteiger partial charge in [0.05, 0.1) is 11.3 Å². The molecule has 5 nitrogen and oxygen atoms in total. The summed E-state index contributed by atoms with van der Waals surface area (Å²) in [5.41, 5.74) is 0.117. The van der Waals surface area contributed by atoms with E-state index in [1.807, 2.05) is 25.7 Å². The van der Waals surface area contributed by atoms with Gasteiger partial charge in [0, 0.05) is 32.1 Å². The molecule has 27 heavy (non-hydrogen) atoms. The SMILES string of the molecule is CC(C)(C)OC(=O)N1CCN(c2cccc(C(=O)C3CCCC3)c2F)CC1. The van der Waals surface area contributed by atoms with E-state index in [1.165, 1.54) is 0 Å². The van der Waals surface area contributed by atoms with Gasteiger partial charge in [0.15, 0.2) is 11.6 Å². The number of hydrogen-bond donors (Lipinski definition) is 0. The number of anilines is 1. The van der Waals surface area contributed by atoms with Crippen molar-refractivity contribution in [1.29, 1.82) is 0 Å². The number of piperazine rings is 1. The fourth-order valence-corrected chi connectivity index (χ4v) is 3.82. The van der Waals surface area contributed by atoms with Crippen LogP contribution in [0.3, 0.4) is 0 Å². The Morgan fingerprint density at radius 3 is 2.30 bits per heavy atom. The molecule has 0 unspecified atom stereocenters. The largest absolute Gasteiger partial charge is 0.444 e. The minimum absolute atomic E-state index is 0.0428. The fourth-order valence-electron chi connectivity index (χ4n) is 3.82. The molecule has 148 valence electrons. The Morgan fingerprint density at radius 1 is 1.07 bits per heavy atom. The monoisotopic (exact) mass is 376 g/mol. The molecular weight excluding hydrogens is 347 g/mol. The van der Waals surface area contributed by atoms with E-state index < -0.39 is 11.4 Å². The Labute approximate surface area is 160 Å². The maximum atomic E-state index is 15.1. The quantitative estimate of drug-likeness (QED) is 0.740. The van der Waals surface area contributed by atoms with Gasteiger partial charge in [-0.25, -0.2) is 9.18 Å². The summed E-state index contributed by atoms with van der Waals surface area (Å²) in [6, 6.07) is 5.06. The molecule has 2 aliphatic rings. The van der Waals surface area contributed by atoms with E-state index in [1.54, 1.807) is 23.1 Å². The fraction of sp³-hybridized carbons (Fsp3) is 0.619. The zero-order valence-electron chi connectivity index (χ0n) is 16.5. The molecule has 0 bridgehead atoms. The second kappa shape index (κ2) is 7.87. The van der Waals surface area contributed by atoms with Crippen molar-refractivity contribution >= 4 is 17.6 Å². The van der Waals surface area contributed by atoms with Crippen LogP contribution in [0.5, 0.6) is 0 Å². The summed E-state index contributed by atoms with van der Waals surface area (Å²) < 4.78 is 20.5. The Bertz CT molecular complexity index is 700. The lowest BCUT2D eigenvalue weighted by Crippen LogP contribution is -2.50. The number of ether oxygens (including phenoxy) is 1. The molecule has 1 aliphatic carbocycles. The Balaban J connectivity index is 1.67. The highest BCUT2D eigenvalue weighted by molar-refractivity contribution is 5.99. The van der Waals surface area contributed by atoms with E-state index in [2.05, 4.69) is 0 Å². The first-order chi connectivity index (χ1) is 12.8. The highest BCUT2D eigenvalue weighted by Crippen LogP contribution is 2.31. The highest BCUT2D eigenvalue weighted by Gasteiger charge is 2.30. The first kappa shape index (κ1) is 19.6. The average Bonchev–Trinajstić information content (AvgIpc) is 3.15. The van der Waals surface area contributed by atoms with Gasteiger partial charge in [-0.15, -0.1) is 0 Å². The van der Waals surface area contributed by atoms with Crippen molar-refractivity contribution < 1.29 is 18.7 Å². The van der Waals surface area contributed by atoms with Crippen LogP contribution in [0.4, 0.5) is 14.9 Å². The van der Waals surface area contributed by atoms with Crippen LogP contribution < -0.4 is 4.90 Å². The van der Waals surface area contributed by atoms with E-state index in [0.717, 1.165) is 25.7 Å². The van der Waals surface area contributed by atoms with E-state index in [9.17, 15) is 9.59 Å². The molecule has 0 radical (unpaired) electrons. The van der Waals surface area contributed by atoms with Crippen LogP contribution in [-0.4, -0.2) is 48.6 Å². The number of halogens is 1. The molecule has 1 heterocycles. The number of carbonyl (C=O) groups excluding carboxylic acids is 2. The molecule has 3 rings (SSSR count). The summed E-state index contributed by atoms with van der Waals surface area (Å²) in [7, 11) is 0. The van der Waals surface area contributed by atoms with Gasteiger partial charge in [0.2, 0.25) is 0 Å². The third-order valence-electron chi connectivity index (χ3n) is 5.24. The maximum absolute atomic E-state index is 15.1. The Morgan fingerprint density at radius 2 is 1.70 bits per heavy atom. The van der Waals surface area contributed by atoms with Crippen molar-refractivity contribution in [3.63, 3.8) is 0 Å².